The molecule has 0 fully saturated rings. The van der Waals surface area contributed by atoms with Gasteiger partial charge in [0.05, 0.1) is 10.7 Å². The maximum absolute atomic E-state index is 6.14. The lowest BCUT2D eigenvalue weighted by Crippen LogP contribution is -2.05. The molecule has 0 unspecified atom stereocenters. The molecule has 1 aliphatic rings. The Morgan fingerprint density at radius 3 is 2.50 bits per heavy atom. The van der Waals surface area contributed by atoms with Crippen molar-refractivity contribution < 1.29 is 0 Å². The van der Waals surface area contributed by atoms with Crippen LogP contribution in [-0.2, 0) is 0 Å². The maximum Gasteiger partial charge on any atom is 0.224 e. The van der Waals surface area contributed by atoms with Crippen LogP contribution in [0.3, 0.4) is 0 Å². The lowest BCUT2D eigenvalue weighted by Gasteiger charge is -2.09. The van der Waals surface area contributed by atoms with Crippen LogP contribution >= 0.6 is 46.4 Å². The minimum Gasteiger partial charge on any atom is -0.222 e. The van der Waals surface area contributed by atoms with E-state index in [0.29, 0.717) is 21.6 Å². The minimum atomic E-state index is 0.0944. The zero-order chi connectivity index (χ0) is 13.1. The van der Waals surface area contributed by atoms with Crippen LogP contribution in [-0.4, -0.2) is 11.0 Å². The Morgan fingerprint density at radius 1 is 1.00 bits per heavy atom. The molecule has 0 aliphatic carbocycles. The van der Waals surface area contributed by atoms with Crippen LogP contribution in [0, 0.1) is 0 Å². The SMILES string of the molecule is ClC1=C/CC\C(c2ccc(Cl)cc2Cl)=N/C(Cl)=N\1. The predicted octanol–water partition coefficient (Wildman–Crippen LogP) is 5.25. The molecule has 0 radical (unpaired) electrons. The molecule has 1 heterocycles. The van der Waals surface area contributed by atoms with Crippen molar-refractivity contribution in [3.63, 3.8) is 0 Å². The molecule has 0 aromatic heterocycles. The normalized spacial score (nSPS) is 25.0. The van der Waals surface area contributed by atoms with Gasteiger partial charge in [-0.2, -0.15) is 0 Å². The van der Waals surface area contributed by atoms with Gasteiger partial charge < -0.3 is 0 Å². The number of aliphatic imine (C=N–C) groups is 2. The molecule has 0 saturated heterocycles. The summed E-state index contributed by atoms with van der Waals surface area (Å²) in [6.45, 7) is 0. The van der Waals surface area contributed by atoms with Crippen molar-refractivity contribution in [1.29, 1.82) is 0 Å². The number of allylic oxidation sites excluding steroid dienone is 1. The first-order chi connectivity index (χ1) is 8.56. The first-order valence-electron chi connectivity index (χ1n) is 5.19. The minimum absolute atomic E-state index is 0.0944. The Labute approximate surface area is 125 Å². The monoisotopic (exact) mass is 320 g/mol. The van der Waals surface area contributed by atoms with Crippen molar-refractivity contribution in [3.8, 4) is 0 Å². The summed E-state index contributed by atoms with van der Waals surface area (Å²) in [7, 11) is 0. The highest BCUT2D eigenvalue weighted by Gasteiger charge is 2.11. The average molecular weight is 322 g/mol. The molecule has 2 rings (SSSR count). The van der Waals surface area contributed by atoms with Crippen LogP contribution in [0.4, 0.5) is 0 Å². The van der Waals surface area contributed by atoms with Gasteiger partial charge in [0, 0.05) is 10.6 Å². The Bertz CT molecular complexity index is 561. The Balaban J connectivity index is 2.42. The molecule has 0 amide bonds. The summed E-state index contributed by atoms with van der Waals surface area (Å²) in [4.78, 5) is 8.14. The van der Waals surface area contributed by atoms with Gasteiger partial charge in [-0.05, 0) is 42.7 Å². The zero-order valence-electron chi connectivity index (χ0n) is 9.13. The molecule has 2 nitrogen and oxygen atoms in total. The summed E-state index contributed by atoms with van der Waals surface area (Å²) in [6.07, 6.45) is 3.20. The van der Waals surface area contributed by atoms with Crippen molar-refractivity contribution in [2.45, 2.75) is 12.8 Å². The van der Waals surface area contributed by atoms with Gasteiger partial charge in [-0.25, -0.2) is 9.98 Å². The summed E-state index contributed by atoms with van der Waals surface area (Å²) in [5.41, 5.74) is 1.58. The molecule has 0 spiro atoms. The summed E-state index contributed by atoms with van der Waals surface area (Å²) in [6, 6.07) is 5.26. The number of nitrogens with zero attached hydrogens (tertiary/aromatic N) is 2. The van der Waals surface area contributed by atoms with E-state index in [1.165, 1.54) is 0 Å². The van der Waals surface area contributed by atoms with E-state index in [4.69, 9.17) is 46.4 Å². The smallest absolute Gasteiger partial charge is 0.222 e. The predicted molar refractivity (Wildman–Crippen MR) is 79.5 cm³/mol. The lowest BCUT2D eigenvalue weighted by molar-refractivity contribution is 1.08. The maximum atomic E-state index is 6.14. The lowest BCUT2D eigenvalue weighted by atomic mass is 10.1. The van der Waals surface area contributed by atoms with Gasteiger partial charge >= 0.3 is 0 Å². The third kappa shape index (κ3) is 3.48. The van der Waals surface area contributed by atoms with Gasteiger partial charge in [0.2, 0.25) is 5.29 Å². The second-order valence-corrected chi connectivity index (χ2v) is 5.20. The highest BCUT2D eigenvalue weighted by Crippen LogP contribution is 2.24. The van der Waals surface area contributed by atoms with Crippen molar-refractivity contribution in [2.75, 3.05) is 0 Å². The molecular weight excluding hydrogens is 314 g/mol. The molecule has 0 atom stereocenters. The second kappa shape index (κ2) is 6.07. The molecule has 1 aromatic carbocycles. The molecule has 18 heavy (non-hydrogen) atoms. The fraction of sp³-hybridized carbons (Fsp3) is 0.167. The molecule has 1 aliphatic heterocycles. The summed E-state index contributed by atoms with van der Waals surface area (Å²) < 4.78 is 0. The van der Waals surface area contributed by atoms with Gasteiger partial charge in [0.1, 0.15) is 5.16 Å². The van der Waals surface area contributed by atoms with Crippen molar-refractivity contribution >= 4 is 57.4 Å². The summed E-state index contributed by atoms with van der Waals surface area (Å²) in [5.74, 6) is 0. The van der Waals surface area contributed by atoms with Crippen LogP contribution in [0.25, 0.3) is 0 Å². The first kappa shape index (κ1) is 13.9. The molecule has 94 valence electrons. The summed E-state index contributed by atoms with van der Waals surface area (Å²) >= 11 is 23.7. The fourth-order valence-electron chi connectivity index (χ4n) is 1.57. The van der Waals surface area contributed by atoms with Crippen molar-refractivity contribution in [2.24, 2.45) is 9.98 Å². The van der Waals surface area contributed by atoms with Crippen LogP contribution < -0.4 is 0 Å². The van der Waals surface area contributed by atoms with E-state index in [9.17, 15) is 0 Å². The second-order valence-electron chi connectivity index (χ2n) is 3.63. The van der Waals surface area contributed by atoms with Crippen molar-refractivity contribution in [3.05, 3.63) is 45.0 Å². The van der Waals surface area contributed by atoms with E-state index in [2.05, 4.69) is 9.98 Å². The highest BCUT2D eigenvalue weighted by molar-refractivity contribution is 6.66. The zero-order valence-corrected chi connectivity index (χ0v) is 12.2. The number of rotatable bonds is 1. The van der Waals surface area contributed by atoms with E-state index >= 15 is 0 Å². The Hall–Kier alpha value is -0.540. The number of halogens is 4. The average Bonchev–Trinajstić information content (AvgIpc) is 2.25. The number of benzene rings is 1. The number of hydrogen-bond acceptors (Lipinski definition) is 2. The number of amidine groups is 1. The quantitative estimate of drug-likeness (QED) is 0.631. The summed E-state index contributed by atoms with van der Waals surface area (Å²) in [5, 5.41) is 1.57. The van der Waals surface area contributed by atoms with Crippen LogP contribution in [0.2, 0.25) is 10.0 Å². The number of hydrogen-bond donors (Lipinski definition) is 0. The highest BCUT2D eigenvalue weighted by atomic mass is 35.5. The third-order valence-corrected chi connectivity index (χ3v) is 3.32. The van der Waals surface area contributed by atoms with Crippen molar-refractivity contribution in [1.82, 2.24) is 0 Å². The molecule has 6 heteroatoms. The van der Waals surface area contributed by atoms with E-state index in [1.807, 2.05) is 6.07 Å². The first-order valence-corrected chi connectivity index (χ1v) is 6.70. The van der Waals surface area contributed by atoms with Gasteiger partial charge in [-0.1, -0.05) is 40.9 Å². The van der Waals surface area contributed by atoms with Crippen LogP contribution in [0.15, 0.2) is 39.4 Å². The Morgan fingerprint density at radius 2 is 1.78 bits per heavy atom. The van der Waals surface area contributed by atoms with Gasteiger partial charge in [-0.15, -0.1) is 0 Å². The van der Waals surface area contributed by atoms with Gasteiger partial charge in [0.25, 0.3) is 0 Å². The topological polar surface area (TPSA) is 24.7 Å². The third-order valence-electron chi connectivity index (χ3n) is 2.36. The standard InChI is InChI=1S/C12H8Cl4N2/c13-7-4-5-8(9(14)6-7)10-2-1-3-11(15)18-12(16)17-10/h3-6H,1-2H2/b11-3-,17-10+,18-12-. The van der Waals surface area contributed by atoms with Gasteiger partial charge in [0.15, 0.2) is 0 Å². The molecule has 0 bridgehead atoms. The van der Waals surface area contributed by atoms with E-state index in [1.54, 1.807) is 18.2 Å². The molecule has 0 saturated carbocycles. The van der Waals surface area contributed by atoms with E-state index < -0.39 is 0 Å². The fourth-order valence-corrected chi connectivity index (χ4v) is 2.52. The van der Waals surface area contributed by atoms with E-state index in [0.717, 1.165) is 17.7 Å². The Kier molecular flexibility index (Phi) is 4.68. The van der Waals surface area contributed by atoms with E-state index in [-0.39, 0.29) is 5.29 Å². The molecule has 1 aromatic rings. The van der Waals surface area contributed by atoms with Crippen LogP contribution in [0.5, 0.6) is 0 Å². The molecular formula is C12H8Cl4N2. The molecule has 0 N–H and O–H groups in total. The van der Waals surface area contributed by atoms with Crippen LogP contribution in [0.1, 0.15) is 18.4 Å². The largest absolute Gasteiger partial charge is 0.224 e. The van der Waals surface area contributed by atoms with Gasteiger partial charge in [-0.3, -0.25) is 0 Å².